The first-order valence-electron chi connectivity index (χ1n) is 7.63. The Morgan fingerprint density at radius 1 is 1.25 bits per heavy atom. The summed E-state index contributed by atoms with van der Waals surface area (Å²) in [6.45, 7) is 2.86. The number of thiazole rings is 1. The fourth-order valence-electron chi connectivity index (χ4n) is 2.16. The third-order valence-electron chi connectivity index (χ3n) is 3.27. The third-order valence-corrected chi connectivity index (χ3v) is 4.19. The maximum atomic E-state index is 12.2. The molecule has 3 aromatic rings. The van der Waals surface area contributed by atoms with E-state index in [9.17, 15) is 4.79 Å². The van der Waals surface area contributed by atoms with Gasteiger partial charge in [-0.25, -0.2) is 4.98 Å². The van der Waals surface area contributed by atoms with E-state index in [-0.39, 0.29) is 5.91 Å². The lowest BCUT2D eigenvalue weighted by atomic mass is 10.2. The molecule has 0 aliphatic heterocycles. The molecule has 6 heteroatoms. The van der Waals surface area contributed by atoms with Crippen LogP contribution < -0.4 is 10.1 Å². The number of pyridine rings is 1. The van der Waals surface area contributed by atoms with Crippen molar-refractivity contribution in [1.82, 2.24) is 15.3 Å². The Labute approximate surface area is 144 Å². The zero-order valence-electron chi connectivity index (χ0n) is 13.2. The Bertz CT molecular complexity index is 818. The minimum atomic E-state index is -0.149. The second-order valence-electron chi connectivity index (χ2n) is 5.00. The monoisotopic (exact) mass is 339 g/mol. The molecule has 1 amide bonds. The average Bonchev–Trinajstić information content (AvgIpc) is 3.10. The number of amides is 1. The van der Waals surface area contributed by atoms with Crippen molar-refractivity contribution in [3.05, 3.63) is 65.3 Å². The summed E-state index contributed by atoms with van der Waals surface area (Å²) in [5.41, 5.74) is 2.22. The number of nitrogens with zero attached hydrogens (tertiary/aromatic N) is 2. The van der Waals surface area contributed by atoms with Crippen LogP contribution in [0.15, 0.2) is 54.0 Å². The van der Waals surface area contributed by atoms with Gasteiger partial charge in [-0.3, -0.25) is 9.78 Å². The molecule has 0 bridgehead atoms. The van der Waals surface area contributed by atoms with Crippen LogP contribution in [0.3, 0.4) is 0 Å². The maximum Gasteiger partial charge on any atom is 0.251 e. The van der Waals surface area contributed by atoms with Crippen LogP contribution in [0.5, 0.6) is 5.75 Å². The Kier molecular flexibility index (Phi) is 5.18. The summed E-state index contributed by atoms with van der Waals surface area (Å²) in [4.78, 5) is 21.0. The van der Waals surface area contributed by atoms with Crippen LogP contribution in [0, 0.1) is 0 Å². The molecule has 1 N–H and O–H groups in total. The Balaban J connectivity index is 1.62. The van der Waals surface area contributed by atoms with Crippen molar-refractivity contribution in [3.8, 4) is 16.5 Å². The second kappa shape index (κ2) is 7.70. The number of ether oxygens (including phenoxy) is 1. The first-order valence-corrected chi connectivity index (χ1v) is 8.51. The minimum absolute atomic E-state index is 0.149. The number of carbonyl (C=O) groups is 1. The van der Waals surface area contributed by atoms with Gasteiger partial charge in [0.2, 0.25) is 0 Å². The van der Waals surface area contributed by atoms with Crippen LogP contribution in [0.1, 0.15) is 23.0 Å². The fraction of sp³-hybridized carbons (Fsp3) is 0.167. The number of aromatic nitrogens is 2. The van der Waals surface area contributed by atoms with Gasteiger partial charge in [-0.15, -0.1) is 11.3 Å². The van der Waals surface area contributed by atoms with E-state index in [1.54, 1.807) is 18.3 Å². The molecule has 0 spiro atoms. The molecule has 0 saturated heterocycles. The van der Waals surface area contributed by atoms with Crippen molar-refractivity contribution < 1.29 is 9.53 Å². The maximum absolute atomic E-state index is 12.2. The summed E-state index contributed by atoms with van der Waals surface area (Å²) in [5, 5.41) is 5.66. The van der Waals surface area contributed by atoms with Gasteiger partial charge in [0.25, 0.3) is 5.91 Å². The predicted octanol–water partition coefficient (Wildman–Crippen LogP) is 3.53. The smallest absolute Gasteiger partial charge is 0.251 e. The molecule has 24 heavy (non-hydrogen) atoms. The summed E-state index contributed by atoms with van der Waals surface area (Å²) in [6.07, 6.45) is 1.74. The van der Waals surface area contributed by atoms with Crippen molar-refractivity contribution in [2.75, 3.05) is 6.61 Å². The number of benzene rings is 1. The first-order chi connectivity index (χ1) is 11.8. The number of hydrogen-bond acceptors (Lipinski definition) is 5. The van der Waals surface area contributed by atoms with Gasteiger partial charge in [-0.05, 0) is 37.3 Å². The van der Waals surface area contributed by atoms with Crippen molar-refractivity contribution >= 4 is 17.2 Å². The Morgan fingerprint density at radius 2 is 2.17 bits per heavy atom. The largest absolute Gasteiger partial charge is 0.494 e. The second-order valence-corrected chi connectivity index (χ2v) is 5.86. The highest BCUT2D eigenvalue weighted by atomic mass is 32.1. The summed E-state index contributed by atoms with van der Waals surface area (Å²) in [7, 11) is 0. The van der Waals surface area contributed by atoms with E-state index in [1.807, 2.05) is 42.6 Å². The zero-order valence-corrected chi connectivity index (χ0v) is 14.0. The lowest BCUT2D eigenvalue weighted by molar-refractivity contribution is 0.0950. The van der Waals surface area contributed by atoms with Gasteiger partial charge in [0.1, 0.15) is 10.8 Å². The van der Waals surface area contributed by atoms with E-state index in [1.165, 1.54) is 11.3 Å². The fourth-order valence-corrected chi connectivity index (χ4v) is 2.96. The predicted molar refractivity (Wildman–Crippen MR) is 94.1 cm³/mol. The Hall–Kier alpha value is -2.73. The van der Waals surface area contributed by atoms with Gasteiger partial charge in [0, 0.05) is 17.1 Å². The highest BCUT2D eigenvalue weighted by molar-refractivity contribution is 7.13. The molecule has 2 aromatic heterocycles. The van der Waals surface area contributed by atoms with Crippen LogP contribution in [-0.2, 0) is 6.54 Å². The normalized spacial score (nSPS) is 10.4. The zero-order chi connectivity index (χ0) is 16.8. The highest BCUT2D eigenvalue weighted by Gasteiger charge is 2.09. The number of nitrogens with one attached hydrogen (secondary N) is 1. The third kappa shape index (κ3) is 3.97. The van der Waals surface area contributed by atoms with Crippen molar-refractivity contribution in [2.24, 2.45) is 0 Å². The highest BCUT2D eigenvalue weighted by Crippen LogP contribution is 2.21. The summed E-state index contributed by atoms with van der Waals surface area (Å²) < 4.78 is 5.41. The number of hydrogen-bond donors (Lipinski definition) is 1. The van der Waals surface area contributed by atoms with E-state index in [0.717, 1.165) is 16.4 Å². The Morgan fingerprint density at radius 3 is 2.96 bits per heavy atom. The van der Waals surface area contributed by atoms with Crippen LogP contribution in [0.2, 0.25) is 0 Å². The molecule has 0 saturated carbocycles. The topological polar surface area (TPSA) is 64.1 Å². The van der Waals surface area contributed by atoms with Crippen LogP contribution >= 0.6 is 11.3 Å². The lowest BCUT2D eigenvalue weighted by Gasteiger charge is -2.06. The molecule has 0 unspecified atom stereocenters. The van der Waals surface area contributed by atoms with E-state index >= 15 is 0 Å². The van der Waals surface area contributed by atoms with E-state index in [0.29, 0.717) is 24.5 Å². The standard InChI is InChI=1S/C18H17N3O2S/c1-2-23-15-7-5-6-13(10-15)17(22)20-11-14-12-24-18(21-14)16-8-3-4-9-19-16/h3-10,12H,2,11H2,1H3,(H,20,22). The number of carbonyl (C=O) groups excluding carboxylic acids is 1. The van der Waals surface area contributed by atoms with Crippen LogP contribution in [0.4, 0.5) is 0 Å². The summed E-state index contributed by atoms with van der Waals surface area (Å²) >= 11 is 1.51. The van der Waals surface area contributed by atoms with Crippen molar-refractivity contribution in [1.29, 1.82) is 0 Å². The molecule has 0 fully saturated rings. The summed E-state index contributed by atoms with van der Waals surface area (Å²) in [6, 6.07) is 12.9. The van der Waals surface area contributed by atoms with Crippen molar-refractivity contribution in [3.63, 3.8) is 0 Å². The van der Waals surface area contributed by atoms with Gasteiger partial charge >= 0.3 is 0 Å². The molecule has 0 radical (unpaired) electrons. The summed E-state index contributed by atoms with van der Waals surface area (Å²) in [5.74, 6) is 0.542. The lowest BCUT2D eigenvalue weighted by Crippen LogP contribution is -2.22. The van der Waals surface area contributed by atoms with Gasteiger partial charge in [0.05, 0.1) is 24.5 Å². The SMILES string of the molecule is CCOc1cccc(C(=O)NCc2csc(-c3ccccn3)n2)c1. The molecule has 0 atom stereocenters. The molecule has 1 aromatic carbocycles. The molecule has 0 aliphatic rings. The van der Waals surface area contributed by atoms with E-state index in [2.05, 4.69) is 15.3 Å². The van der Waals surface area contributed by atoms with Gasteiger partial charge in [-0.1, -0.05) is 12.1 Å². The molecular formula is C18H17N3O2S. The average molecular weight is 339 g/mol. The van der Waals surface area contributed by atoms with Gasteiger partial charge in [-0.2, -0.15) is 0 Å². The first kappa shape index (κ1) is 16.1. The molecule has 5 nitrogen and oxygen atoms in total. The van der Waals surface area contributed by atoms with Crippen molar-refractivity contribution in [2.45, 2.75) is 13.5 Å². The van der Waals surface area contributed by atoms with E-state index < -0.39 is 0 Å². The van der Waals surface area contributed by atoms with Gasteiger partial charge in [0.15, 0.2) is 0 Å². The molecule has 2 heterocycles. The molecule has 122 valence electrons. The molecule has 0 aliphatic carbocycles. The van der Waals surface area contributed by atoms with Crippen LogP contribution in [0.25, 0.3) is 10.7 Å². The quantitative estimate of drug-likeness (QED) is 0.746. The van der Waals surface area contributed by atoms with Gasteiger partial charge < -0.3 is 10.1 Å². The molecular weight excluding hydrogens is 322 g/mol. The molecule has 3 rings (SSSR count). The number of rotatable bonds is 6. The van der Waals surface area contributed by atoms with E-state index in [4.69, 9.17) is 4.74 Å². The van der Waals surface area contributed by atoms with Crippen LogP contribution in [-0.4, -0.2) is 22.5 Å². The minimum Gasteiger partial charge on any atom is -0.494 e.